The summed E-state index contributed by atoms with van der Waals surface area (Å²) >= 11 is 0. The standard InChI is InChI=1S/C24H23F3N4O2/c25-24(26,27)18-5-4-6-20(15-18)33-16-23(32)28-19-9-7-17(8-10-19)21-11-12-22(30-29-21)31-13-2-1-3-14-31/h4-12,15H,1-3,13-14,16H2,(H,28,32). The van der Waals surface area contributed by atoms with Gasteiger partial charge in [-0.15, -0.1) is 10.2 Å². The molecule has 1 saturated heterocycles. The van der Waals surface area contributed by atoms with Crippen LogP contribution in [0.4, 0.5) is 24.7 Å². The van der Waals surface area contributed by atoms with Crippen molar-refractivity contribution in [2.45, 2.75) is 25.4 Å². The number of carbonyl (C=O) groups excluding carboxylic acids is 1. The lowest BCUT2D eigenvalue weighted by Gasteiger charge is -2.27. The second-order valence-electron chi connectivity index (χ2n) is 7.76. The van der Waals surface area contributed by atoms with Gasteiger partial charge in [-0.25, -0.2) is 0 Å². The highest BCUT2D eigenvalue weighted by Crippen LogP contribution is 2.31. The summed E-state index contributed by atoms with van der Waals surface area (Å²) in [4.78, 5) is 14.4. The lowest BCUT2D eigenvalue weighted by atomic mass is 10.1. The number of amides is 1. The first kappa shape index (κ1) is 22.6. The van der Waals surface area contributed by atoms with Gasteiger partial charge in [0.1, 0.15) is 5.75 Å². The van der Waals surface area contributed by atoms with Crippen LogP contribution < -0.4 is 15.0 Å². The highest BCUT2D eigenvalue weighted by molar-refractivity contribution is 5.92. The number of halogens is 3. The maximum absolute atomic E-state index is 12.8. The van der Waals surface area contributed by atoms with E-state index in [4.69, 9.17) is 4.74 Å². The lowest BCUT2D eigenvalue weighted by molar-refractivity contribution is -0.137. The SMILES string of the molecule is O=C(COc1cccc(C(F)(F)F)c1)Nc1ccc(-c2ccc(N3CCCCC3)nn2)cc1. The molecule has 1 aliphatic rings. The molecule has 1 amide bonds. The maximum atomic E-state index is 12.8. The molecule has 33 heavy (non-hydrogen) atoms. The van der Waals surface area contributed by atoms with E-state index in [1.807, 2.05) is 24.3 Å². The number of carbonyl (C=O) groups is 1. The molecule has 0 radical (unpaired) electrons. The van der Waals surface area contributed by atoms with Crippen molar-refractivity contribution >= 4 is 17.4 Å². The molecule has 1 aromatic heterocycles. The lowest BCUT2D eigenvalue weighted by Crippen LogP contribution is -2.30. The van der Waals surface area contributed by atoms with Gasteiger partial charge in [0.05, 0.1) is 11.3 Å². The number of hydrogen-bond donors (Lipinski definition) is 1. The smallest absolute Gasteiger partial charge is 0.416 e. The second kappa shape index (κ2) is 9.89. The number of rotatable bonds is 6. The van der Waals surface area contributed by atoms with Gasteiger partial charge in [0.15, 0.2) is 12.4 Å². The Bertz CT molecular complexity index is 1080. The van der Waals surface area contributed by atoms with Gasteiger partial charge in [-0.2, -0.15) is 13.2 Å². The van der Waals surface area contributed by atoms with E-state index in [1.54, 1.807) is 12.1 Å². The second-order valence-corrected chi connectivity index (χ2v) is 7.76. The van der Waals surface area contributed by atoms with E-state index >= 15 is 0 Å². The Morgan fingerprint density at radius 2 is 1.73 bits per heavy atom. The first-order valence-corrected chi connectivity index (χ1v) is 10.7. The average molecular weight is 456 g/mol. The largest absolute Gasteiger partial charge is 0.484 e. The third-order valence-corrected chi connectivity index (χ3v) is 5.33. The summed E-state index contributed by atoms with van der Waals surface area (Å²) in [5.74, 6) is 0.371. The molecule has 2 heterocycles. The summed E-state index contributed by atoms with van der Waals surface area (Å²) in [6.07, 6.45) is -0.882. The van der Waals surface area contributed by atoms with Crippen LogP contribution in [0, 0.1) is 0 Å². The van der Waals surface area contributed by atoms with E-state index in [2.05, 4.69) is 20.4 Å². The van der Waals surface area contributed by atoms with Crippen molar-refractivity contribution in [1.82, 2.24) is 10.2 Å². The molecule has 6 nitrogen and oxygen atoms in total. The molecule has 0 atom stereocenters. The molecule has 1 N–H and O–H groups in total. The molecule has 0 aliphatic carbocycles. The van der Waals surface area contributed by atoms with E-state index in [0.29, 0.717) is 5.69 Å². The van der Waals surface area contributed by atoms with Crippen molar-refractivity contribution in [3.05, 3.63) is 66.2 Å². The Kier molecular flexibility index (Phi) is 6.76. The molecular weight excluding hydrogens is 433 g/mol. The van der Waals surface area contributed by atoms with Crippen molar-refractivity contribution in [1.29, 1.82) is 0 Å². The monoisotopic (exact) mass is 456 g/mol. The Labute approximate surface area is 189 Å². The van der Waals surface area contributed by atoms with Crippen molar-refractivity contribution in [2.24, 2.45) is 0 Å². The highest BCUT2D eigenvalue weighted by atomic mass is 19.4. The number of benzene rings is 2. The van der Waals surface area contributed by atoms with Gasteiger partial charge in [-0.05, 0) is 61.7 Å². The van der Waals surface area contributed by atoms with Crippen LogP contribution in [0.3, 0.4) is 0 Å². The molecule has 172 valence electrons. The number of aromatic nitrogens is 2. The van der Waals surface area contributed by atoms with Crippen molar-refractivity contribution in [3.8, 4) is 17.0 Å². The van der Waals surface area contributed by atoms with Gasteiger partial charge in [0.2, 0.25) is 0 Å². The third-order valence-electron chi connectivity index (χ3n) is 5.33. The van der Waals surface area contributed by atoms with Crippen LogP contribution in [0.1, 0.15) is 24.8 Å². The molecule has 0 bridgehead atoms. The molecule has 9 heteroatoms. The minimum atomic E-state index is -4.47. The van der Waals surface area contributed by atoms with Crippen LogP contribution in [-0.2, 0) is 11.0 Å². The number of alkyl halides is 3. The van der Waals surface area contributed by atoms with E-state index in [0.717, 1.165) is 42.3 Å². The molecule has 4 rings (SSSR count). The average Bonchev–Trinajstić information content (AvgIpc) is 2.84. The Morgan fingerprint density at radius 3 is 2.39 bits per heavy atom. The van der Waals surface area contributed by atoms with E-state index < -0.39 is 24.3 Å². The molecular formula is C24H23F3N4O2. The zero-order valence-corrected chi connectivity index (χ0v) is 17.8. The first-order valence-electron chi connectivity index (χ1n) is 10.7. The molecule has 3 aromatic rings. The molecule has 0 spiro atoms. The Hall–Kier alpha value is -3.62. The van der Waals surface area contributed by atoms with Crippen molar-refractivity contribution in [3.63, 3.8) is 0 Å². The van der Waals surface area contributed by atoms with Crippen LogP contribution in [0.15, 0.2) is 60.7 Å². The predicted molar refractivity (Wildman–Crippen MR) is 119 cm³/mol. The number of piperidine rings is 1. The Morgan fingerprint density at radius 1 is 0.970 bits per heavy atom. The molecule has 1 fully saturated rings. The third kappa shape index (κ3) is 6.00. The van der Waals surface area contributed by atoms with Gasteiger partial charge < -0.3 is 15.0 Å². The zero-order chi connectivity index (χ0) is 23.3. The molecule has 0 saturated carbocycles. The number of anilines is 2. The summed E-state index contributed by atoms with van der Waals surface area (Å²) in [7, 11) is 0. The summed E-state index contributed by atoms with van der Waals surface area (Å²) in [5.41, 5.74) is 1.28. The van der Waals surface area contributed by atoms with Gasteiger partial charge in [-0.3, -0.25) is 4.79 Å². The fourth-order valence-corrected chi connectivity index (χ4v) is 3.60. The quantitative estimate of drug-likeness (QED) is 0.554. The van der Waals surface area contributed by atoms with Gasteiger partial charge in [0, 0.05) is 24.3 Å². The van der Waals surface area contributed by atoms with Crippen LogP contribution in [0.25, 0.3) is 11.3 Å². The predicted octanol–water partition coefficient (Wildman–Crippen LogP) is 5.17. The first-order chi connectivity index (χ1) is 15.9. The fraction of sp³-hybridized carbons (Fsp3) is 0.292. The number of hydrogen-bond acceptors (Lipinski definition) is 5. The summed E-state index contributed by atoms with van der Waals surface area (Å²) < 4.78 is 43.5. The van der Waals surface area contributed by atoms with E-state index in [9.17, 15) is 18.0 Å². The number of nitrogens with zero attached hydrogens (tertiary/aromatic N) is 3. The maximum Gasteiger partial charge on any atom is 0.416 e. The number of nitrogens with one attached hydrogen (secondary N) is 1. The summed E-state index contributed by atoms with van der Waals surface area (Å²) in [6, 6.07) is 15.4. The van der Waals surface area contributed by atoms with Gasteiger partial charge in [-0.1, -0.05) is 18.2 Å². The normalized spacial score (nSPS) is 14.1. The Balaban J connectivity index is 1.31. The number of ether oxygens (including phenoxy) is 1. The van der Waals surface area contributed by atoms with E-state index in [-0.39, 0.29) is 5.75 Å². The molecule has 2 aromatic carbocycles. The van der Waals surface area contributed by atoms with Gasteiger partial charge >= 0.3 is 6.18 Å². The molecule has 1 aliphatic heterocycles. The minimum Gasteiger partial charge on any atom is -0.484 e. The molecule has 0 unspecified atom stereocenters. The van der Waals surface area contributed by atoms with Crippen molar-refractivity contribution < 1.29 is 22.7 Å². The van der Waals surface area contributed by atoms with Gasteiger partial charge in [0.25, 0.3) is 5.91 Å². The van der Waals surface area contributed by atoms with Crippen molar-refractivity contribution in [2.75, 3.05) is 29.9 Å². The minimum absolute atomic E-state index is 0.0260. The topological polar surface area (TPSA) is 67.3 Å². The fourth-order valence-electron chi connectivity index (χ4n) is 3.60. The summed E-state index contributed by atoms with van der Waals surface area (Å²) in [5, 5.41) is 11.3. The zero-order valence-electron chi connectivity index (χ0n) is 17.8. The van der Waals surface area contributed by atoms with Crippen LogP contribution in [0.2, 0.25) is 0 Å². The van der Waals surface area contributed by atoms with Crippen LogP contribution in [0.5, 0.6) is 5.75 Å². The van der Waals surface area contributed by atoms with Crippen LogP contribution in [-0.4, -0.2) is 35.8 Å². The van der Waals surface area contributed by atoms with E-state index in [1.165, 1.54) is 31.4 Å². The highest BCUT2D eigenvalue weighted by Gasteiger charge is 2.30. The van der Waals surface area contributed by atoms with Crippen LogP contribution >= 0.6 is 0 Å². The summed E-state index contributed by atoms with van der Waals surface area (Å²) in [6.45, 7) is 1.59.